The van der Waals surface area contributed by atoms with Gasteiger partial charge in [0.25, 0.3) is 0 Å². The highest BCUT2D eigenvalue weighted by Gasteiger charge is 2.11. The molecule has 0 radical (unpaired) electrons. The first-order valence-electron chi connectivity index (χ1n) is 17.9. The normalized spacial score (nSPS) is 9.93. The molecule has 0 aromatic heterocycles. The summed E-state index contributed by atoms with van der Waals surface area (Å²) in [6.07, 6.45) is 0. The largest absolute Gasteiger partial charge is 0.497 e. The van der Waals surface area contributed by atoms with E-state index >= 15 is 0 Å². The van der Waals surface area contributed by atoms with Crippen LogP contribution in [0.2, 0.25) is 0 Å². The van der Waals surface area contributed by atoms with E-state index in [4.69, 9.17) is 18.9 Å². The highest BCUT2D eigenvalue weighted by molar-refractivity contribution is 6.06. The van der Waals surface area contributed by atoms with E-state index in [-0.39, 0.29) is 0 Å². The molecule has 0 heterocycles. The van der Waals surface area contributed by atoms with E-state index in [1.165, 1.54) is 0 Å². The molecule has 0 bridgehead atoms. The highest BCUT2D eigenvalue weighted by Crippen LogP contribution is 2.19. The zero-order valence-corrected chi connectivity index (χ0v) is 31.5. The second-order valence-electron chi connectivity index (χ2n) is 12.5. The molecule has 0 atom stereocenters. The van der Waals surface area contributed by atoms with Crippen LogP contribution in [0.25, 0.3) is 32.7 Å². The van der Waals surface area contributed by atoms with Gasteiger partial charge in [-0.15, -0.1) is 0 Å². The van der Waals surface area contributed by atoms with Crippen LogP contribution in [-0.2, 0) is 0 Å². The fraction of sp³-hybridized carbons (Fsp3) is 0.0769. The summed E-state index contributed by atoms with van der Waals surface area (Å²) in [6.45, 7) is 0. The fourth-order valence-electron chi connectivity index (χ4n) is 6.22. The van der Waals surface area contributed by atoms with Gasteiger partial charge in [-0.25, -0.2) is 0 Å². The quantitative estimate of drug-likeness (QED) is 0.135. The monoisotopic (exact) mass is 724 g/mol. The standard InChI is InChI=1S/C52H36O4/c1-53-43-29-17-37(18-30-43)13-25-41(26-14-38-19-31-44(54-2)32-20-38)51-47-9-5-7-11-49(47)52(50-12-8-6-10-48(50)51)42(27-15-39-21-33-45(55-3)34-22-39)28-16-40-23-35-46(56-4)36-24-40/h5-12,17-24,29-36H,1-4H3. The Kier molecular flexibility index (Phi) is 11.4. The Hall–Kier alpha value is -7.76. The Morgan fingerprint density at radius 1 is 0.304 bits per heavy atom. The Morgan fingerprint density at radius 2 is 0.518 bits per heavy atom. The van der Waals surface area contributed by atoms with Crippen molar-refractivity contribution >= 4 is 32.7 Å². The maximum atomic E-state index is 5.38. The highest BCUT2D eigenvalue weighted by atomic mass is 16.5. The topological polar surface area (TPSA) is 36.9 Å². The minimum atomic E-state index is 0.686. The van der Waals surface area contributed by atoms with Crippen molar-refractivity contribution in [1.29, 1.82) is 0 Å². The second-order valence-corrected chi connectivity index (χ2v) is 12.5. The van der Waals surface area contributed by atoms with Crippen molar-refractivity contribution in [3.05, 3.63) is 178 Å². The van der Waals surface area contributed by atoms with E-state index in [9.17, 15) is 0 Å². The molecule has 0 spiro atoms. The lowest BCUT2D eigenvalue weighted by Gasteiger charge is -2.09. The van der Waals surface area contributed by atoms with Crippen molar-refractivity contribution in [2.24, 2.45) is 0 Å². The van der Waals surface area contributed by atoms with Gasteiger partial charge in [-0.2, -0.15) is 0 Å². The van der Waals surface area contributed by atoms with Crippen LogP contribution in [0.1, 0.15) is 22.3 Å². The van der Waals surface area contributed by atoms with Gasteiger partial charge in [0.15, 0.2) is 0 Å². The van der Waals surface area contributed by atoms with Crippen LogP contribution >= 0.6 is 0 Å². The third-order valence-corrected chi connectivity index (χ3v) is 9.12. The maximum absolute atomic E-state index is 5.38. The van der Waals surface area contributed by atoms with Crippen LogP contribution < -0.4 is 29.4 Å². The zero-order valence-electron chi connectivity index (χ0n) is 31.5. The summed E-state index contributed by atoms with van der Waals surface area (Å²) in [4.78, 5) is 0. The lowest BCUT2D eigenvalue weighted by molar-refractivity contribution is 0.414. The Bertz CT molecular complexity index is 2530. The number of hydrogen-bond acceptors (Lipinski definition) is 4. The van der Waals surface area contributed by atoms with Crippen molar-refractivity contribution < 1.29 is 18.9 Å². The van der Waals surface area contributed by atoms with Crippen LogP contribution in [0.3, 0.4) is 0 Å². The van der Waals surface area contributed by atoms with Gasteiger partial charge in [-0.05, 0) is 119 Å². The van der Waals surface area contributed by atoms with E-state index in [2.05, 4.69) is 71.6 Å². The molecular weight excluding hydrogens is 689 g/mol. The number of rotatable bonds is 4. The lowest BCUT2D eigenvalue weighted by Crippen LogP contribution is -2.18. The SMILES string of the molecule is COc1ccc(C#CC(C#Cc2ccc(OC)cc2)=c2c3ccccc3c(=C(C#Cc3ccc(OC)cc3)C#Cc3ccc(OC)cc3)c3ccccc23)cc1. The van der Waals surface area contributed by atoms with E-state index in [0.29, 0.717) is 11.1 Å². The molecule has 0 saturated heterocycles. The van der Waals surface area contributed by atoms with Crippen LogP contribution in [0.4, 0.5) is 0 Å². The molecule has 0 aliphatic carbocycles. The summed E-state index contributed by atoms with van der Waals surface area (Å²) in [6, 6.07) is 47.5. The summed E-state index contributed by atoms with van der Waals surface area (Å²) >= 11 is 0. The van der Waals surface area contributed by atoms with Crippen LogP contribution in [-0.4, -0.2) is 28.4 Å². The maximum Gasteiger partial charge on any atom is 0.118 e. The van der Waals surface area contributed by atoms with Crippen LogP contribution in [0.15, 0.2) is 146 Å². The first-order valence-corrected chi connectivity index (χ1v) is 17.9. The molecule has 56 heavy (non-hydrogen) atoms. The van der Waals surface area contributed by atoms with Crippen molar-refractivity contribution in [3.8, 4) is 70.4 Å². The van der Waals surface area contributed by atoms with Crippen molar-refractivity contribution in [2.75, 3.05) is 28.4 Å². The van der Waals surface area contributed by atoms with Crippen LogP contribution in [0, 0.1) is 47.4 Å². The molecule has 0 fully saturated rings. The van der Waals surface area contributed by atoms with E-state index in [1.807, 2.05) is 121 Å². The van der Waals surface area contributed by atoms with Gasteiger partial charge in [-0.3, -0.25) is 0 Å². The van der Waals surface area contributed by atoms with Crippen molar-refractivity contribution in [1.82, 2.24) is 0 Å². The molecule has 268 valence electrons. The average molecular weight is 725 g/mol. The minimum Gasteiger partial charge on any atom is -0.497 e. The molecule has 0 N–H and O–H groups in total. The van der Waals surface area contributed by atoms with Gasteiger partial charge in [0.1, 0.15) is 23.0 Å². The summed E-state index contributed by atoms with van der Waals surface area (Å²) in [7, 11) is 6.61. The van der Waals surface area contributed by atoms with Gasteiger partial charge in [0.05, 0.1) is 39.6 Å². The molecule has 4 heteroatoms. The summed E-state index contributed by atoms with van der Waals surface area (Å²) < 4.78 is 21.5. The molecule has 0 unspecified atom stereocenters. The third kappa shape index (κ3) is 8.38. The lowest BCUT2D eigenvalue weighted by atomic mass is 9.93. The van der Waals surface area contributed by atoms with Crippen LogP contribution in [0.5, 0.6) is 23.0 Å². The fourth-order valence-corrected chi connectivity index (χ4v) is 6.22. The molecule has 0 saturated carbocycles. The number of hydrogen-bond donors (Lipinski definition) is 0. The Morgan fingerprint density at radius 3 is 0.714 bits per heavy atom. The predicted molar refractivity (Wildman–Crippen MR) is 227 cm³/mol. The van der Waals surface area contributed by atoms with Gasteiger partial charge in [0.2, 0.25) is 0 Å². The van der Waals surface area contributed by atoms with Gasteiger partial charge < -0.3 is 18.9 Å². The predicted octanol–water partition coefficient (Wildman–Crippen LogP) is 8.54. The van der Waals surface area contributed by atoms with Gasteiger partial charge in [0, 0.05) is 32.7 Å². The van der Waals surface area contributed by atoms with E-state index in [0.717, 1.165) is 77.2 Å². The Labute approximate surface area is 327 Å². The third-order valence-electron chi connectivity index (χ3n) is 9.12. The second kappa shape index (κ2) is 17.4. The number of methoxy groups -OCH3 is 4. The van der Waals surface area contributed by atoms with Crippen molar-refractivity contribution in [3.63, 3.8) is 0 Å². The smallest absolute Gasteiger partial charge is 0.118 e. The minimum absolute atomic E-state index is 0.686. The van der Waals surface area contributed by atoms with Gasteiger partial charge >= 0.3 is 0 Å². The molecule has 0 aliphatic heterocycles. The Balaban J connectivity index is 1.58. The molecule has 0 amide bonds. The van der Waals surface area contributed by atoms with E-state index < -0.39 is 0 Å². The molecular formula is C52H36O4. The molecule has 7 aromatic carbocycles. The van der Waals surface area contributed by atoms with Crippen molar-refractivity contribution in [2.45, 2.75) is 0 Å². The number of fused-ring (bicyclic) bond motifs is 2. The number of benzene rings is 7. The average Bonchev–Trinajstić information content (AvgIpc) is 3.27. The summed E-state index contributed by atoms with van der Waals surface area (Å²) in [5.74, 6) is 30.5. The zero-order chi connectivity index (χ0) is 38.7. The first kappa shape index (κ1) is 36.6. The van der Waals surface area contributed by atoms with Gasteiger partial charge in [-0.1, -0.05) is 95.9 Å². The number of ether oxygens (including phenoxy) is 4. The molecule has 4 nitrogen and oxygen atoms in total. The summed E-state index contributed by atoms with van der Waals surface area (Å²) in [5, 5.41) is 5.82. The molecule has 7 rings (SSSR count). The summed E-state index contributed by atoms with van der Waals surface area (Å²) in [5.41, 5.74) is 4.75. The molecule has 0 aliphatic rings. The van der Waals surface area contributed by atoms with E-state index in [1.54, 1.807) is 28.4 Å². The first-order chi connectivity index (χ1) is 27.6. The molecule has 7 aromatic rings.